The summed E-state index contributed by atoms with van der Waals surface area (Å²) < 4.78 is 10.7. The lowest BCUT2D eigenvalue weighted by atomic mass is 9.89. The molecule has 0 aliphatic heterocycles. The third-order valence-electron chi connectivity index (χ3n) is 3.43. The molecule has 1 aliphatic carbocycles. The number of benzene rings is 1. The molecule has 5 heteroatoms. The molecule has 0 aromatic heterocycles. The molecular weight excluding hydrogens is 256 g/mol. The fourth-order valence-corrected chi connectivity index (χ4v) is 2.28. The smallest absolute Gasteiger partial charge is 0.238 e. The summed E-state index contributed by atoms with van der Waals surface area (Å²) >= 11 is 0. The standard InChI is InChI=1S/C15H22N2O3/c1-3-20-12-8-11(9-12)16-10-15(18)17-13-6-4-5-7-14(13)19-2/h4-7,11-12,16H,3,8-10H2,1-2H3,(H,17,18). The van der Waals surface area contributed by atoms with Crippen molar-refractivity contribution >= 4 is 11.6 Å². The van der Waals surface area contributed by atoms with Crippen LogP contribution in [0.4, 0.5) is 5.69 Å². The van der Waals surface area contributed by atoms with Gasteiger partial charge in [0.2, 0.25) is 5.91 Å². The number of methoxy groups -OCH3 is 1. The predicted octanol–water partition coefficient (Wildman–Crippen LogP) is 1.79. The van der Waals surface area contributed by atoms with Crippen LogP contribution < -0.4 is 15.4 Å². The van der Waals surface area contributed by atoms with Gasteiger partial charge in [-0.25, -0.2) is 0 Å². The van der Waals surface area contributed by atoms with Gasteiger partial charge in [0.05, 0.1) is 25.4 Å². The van der Waals surface area contributed by atoms with Crippen molar-refractivity contribution in [2.45, 2.75) is 31.9 Å². The van der Waals surface area contributed by atoms with Crippen molar-refractivity contribution in [2.75, 3.05) is 25.6 Å². The van der Waals surface area contributed by atoms with E-state index in [-0.39, 0.29) is 5.91 Å². The predicted molar refractivity (Wildman–Crippen MR) is 78.1 cm³/mol. The van der Waals surface area contributed by atoms with Crippen LogP contribution in [0.3, 0.4) is 0 Å². The average molecular weight is 278 g/mol. The zero-order chi connectivity index (χ0) is 14.4. The lowest BCUT2D eigenvalue weighted by molar-refractivity contribution is -0.116. The Hall–Kier alpha value is -1.59. The van der Waals surface area contributed by atoms with Gasteiger partial charge in [0.1, 0.15) is 5.75 Å². The van der Waals surface area contributed by atoms with E-state index in [1.165, 1.54) is 0 Å². The summed E-state index contributed by atoms with van der Waals surface area (Å²) in [6, 6.07) is 7.77. The summed E-state index contributed by atoms with van der Waals surface area (Å²) in [6.07, 6.45) is 2.32. The van der Waals surface area contributed by atoms with E-state index in [1.54, 1.807) is 7.11 Å². The lowest BCUT2D eigenvalue weighted by Gasteiger charge is -2.35. The van der Waals surface area contributed by atoms with Crippen LogP contribution in [0.15, 0.2) is 24.3 Å². The molecule has 1 amide bonds. The Kier molecular flexibility index (Phi) is 5.38. The van der Waals surface area contributed by atoms with Crippen LogP contribution in [-0.2, 0) is 9.53 Å². The van der Waals surface area contributed by atoms with E-state index in [9.17, 15) is 4.79 Å². The van der Waals surface area contributed by atoms with Crippen LogP contribution in [-0.4, -0.2) is 38.3 Å². The number of hydrogen-bond acceptors (Lipinski definition) is 4. The molecule has 2 rings (SSSR count). The van der Waals surface area contributed by atoms with Crippen LogP contribution >= 0.6 is 0 Å². The van der Waals surface area contributed by atoms with E-state index in [0.29, 0.717) is 30.1 Å². The molecule has 1 aromatic carbocycles. The quantitative estimate of drug-likeness (QED) is 0.798. The first-order chi connectivity index (χ1) is 9.72. The van der Waals surface area contributed by atoms with Crippen molar-refractivity contribution in [1.29, 1.82) is 0 Å². The summed E-state index contributed by atoms with van der Waals surface area (Å²) in [6.45, 7) is 3.06. The maximum atomic E-state index is 11.9. The third-order valence-corrected chi connectivity index (χ3v) is 3.43. The van der Waals surface area contributed by atoms with Gasteiger partial charge in [-0.05, 0) is 31.9 Å². The zero-order valence-corrected chi connectivity index (χ0v) is 12.0. The van der Waals surface area contributed by atoms with E-state index in [4.69, 9.17) is 9.47 Å². The second kappa shape index (κ2) is 7.26. The first-order valence-corrected chi connectivity index (χ1v) is 7.00. The maximum absolute atomic E-state index is 11.9. The first kappa shape index (κ1) is 14.8. The number of carbonyl (C=O) groups is 1. The summed E-state index contributed by atoms with van der Waals surface area (Å²) in [4.78, 5) is 11.9. The molecule has 0 heterocycles. The van der Waals surface area contributed by atoms with Gasteiger partial charge < -0.3 is 20.1 Å². The monoisotopic (exact) mass is 278 g/mol. The van der Waals surface area contributed by atoms with Crippen LogP contribution in [0, 0.1) is 0 Å². The highest BCUT2D eigenvalue weighted by atomic mass is 16.5. The number of para-hydroxylation sites is 2. The van der Waals surface area contributed by atoms with E-state index in [2.05, 4.69) is 10.6 Å². The molecule has 0 radical (unpaired) electrons. The van der Waals surface area contributed by atoms with Crippen LogP contribution in [0.2, 0.25) is 0 Å². The highest BCUT2D eigenvalue weighted by molar-refractivity contribution is 5.93. The van der Waals surface area contributed by atoms with Gasteiger partial charge in [0.15, 0.2) is 0 Å². The second-order valence-electron chi connectivity index (χ2n) is 4.88. The molecule has 1 fully saturated rings. The lowest BCUT2D eigenvalue weighted by Crippen LogP contribution is -2.47. The number of carbonyl (C=O) groups excluding carboxylic acids is 1. The summed E-state index contributed by atoms with van der Waals surface area (Å²) in [5.74, 6) is 0.607. The van der Waals surface area contributed by atoms with Crippen LogP contribution in [0.5, 0.6) is 5.75 Å². The Labute approximate surface area is 119 Å². The molecule has 20 heavy (non-hydrogen) atoms. The van der Waals surface area contributed by atoms with Gasteiger partial charge in [0.25, 0.3) is 0 Å². The maximum Gasteiger partial charge on any atom is 0.238 e. The summed E-state index contributed by atoms with van der Waals surface area (Å²) in [7, 11) is 1.59. The van der Waals surface area contributed by atoms with E-state index in [0.717, 1.165) is 19.4 Å². The van der Waals surface area contributed by atoms with Gasteiger partial charge in [-0.2, -0.15) is 0 Å². The number of hydrogen-bond donors (Lipinski definition) is 2. The fourth-order valence-electron chi connectivity index (χ4n) is 2.28. The third kappa shape index (κ3) is 3.95. The molecule has 0 bridgehead atoms. The van der Waals surface area contributed by atoms with Crippen molar-refractivity contribution in [2.24, 2.45) is 0 Å². The number of anilines is 1. The molecule has 0 unspecified atom stereocenters. The van der Waals surface area contributed by atoms with Crippen molar-refractivity contribution in [3.8, 4) is 5.75 Å². The van der Waals surface area contributed by atoms with Gasteiger partial charge in [0, 0.05) is 12.6 Å². The largest absolute Gasteiger partial charge is 0.495 e. The van der Waals surface area contributed by atoms with Gasteiger partial charge in [-0.15, -0.1) is 0 Å². The minimum atomic E-state index is -0.0608. The highest BCUT2D eigenvalue weighted by Crippen LogP contribution is 2.24. The van der Waals surface area contributed by atoms with Gasteiger partial charge >= 0.3 is 0 Å². The Bertz CT molecular complexity index is 444. The minimum absolute atomic E-state index is 0.0608. The highest BCUT2D eigenvalue weighted by Gasteiger charge is 2.29. The SMILES string of the molecule is CCOC1CC(NCC(=O)Nc2ccccc2OC)C1. The molecule has 2 N–H and O–H groups in total. The number of rotatable bonds is 7. The molecule has 0 atom stereocenters. The Balaban J connectivity index is 1.71. The molecule has 5 nitrogen and oxygen atoms in total. The van der Waals surface area contributed by atoms with E-state index < -0.39 is 0 Å². The fraction of sp³-hybridized carbons (Fsp3) is 0.533. The molecule has 0 saturated heterocycles. The van der Waals surface area contributed by atoms with E-state index in [1.807, 2.05) is 31.2 Å². The number of ether oxygens (including phenoxy) is 2. The molecule has 110 valence electrons. The zero-order valence-electron chi connectivity index (χ0n) is 12.0. The number of nitrogens with one attached hydrogen (secondary N) is 2. The molecule has 1 aliphatic rings. The van der Waals surface area contributed by atoms with E-state index >= 15 is 0 Å². The van der Waals surface area contributed by atoms with Crippen LogP contribution in [0.25, 0.3) is 0 Å². The van der Waals surface area contributed by atoms with Crippen molar-refractivity contribution < 1.29 is 14.3 Å². The Morgan fingerprint density at radius 3 is 2.80 bits per heavy atom. The van der Waals surface area contributed by atoms with Crippen molar-refractivity contribution in [1.82, 2.24) is 5.32 Å². The summed E-state index contributed by atoms with van der Waals surface area (Å²) in [5, 5.41) is 6.08. The normalized spacial score (nSPS) is 21.1. The molecule has 1 aromatic rings. The topological polar surface area (TPSA) is 59.6 Å². The molecule has 0 spiro atoms. The average Bonchev–Trinajstić information content (AvgIpc) is 2.41. The minimum Gasteiger partial charge on any atom is -0.495 e. The molecular formula is C15H22N2O3. The van der Waals surface area contributed by atoms with Crippen LogP contribution in [0.1, 0.15) is 19.8 Å². The van der Waals surface area contributed by atoms with Gasteiger partial charge in [-0.1, -0.05) is 12.1 Å². The van der Waals surface area contributed by atoms with Gasteiger partial charge in [-0.3, -0.25) is 4.79 Å². The summed E-state index contributed by atoms with van der Waals surface area (Å²) in [5.41, 5.74) is 0.697. The van der Waals surface area contributed by atoms with Crippen molar-refractivity contribution in [3.05, 3.63) is 24.3 Å². The number of amides is 1. The Morgan fingerprint density at radius 1 is 1.35 bits per heavy atom. The molecule has 1 saturated carbocycles. The second-order valence-corrected chi connectivity index (χ2v) is 4.88. The Morgan fingerprint density at radius 2 is 2.10 bits per heavy atom. The van der Waals surface area contributed by atoms with Crippen molar-refractivity contribution in [3.63, 3.8) is 0 Å². The first-order valence-electron chi connectivity index (χ1n) is 7.00.